The standard InChI is InChI=1S/C14H24O3/c1-5-8-15-11-14(4,12-16-9-6-2)13-17-10-7-3/h5-10H,11-13H2,1-4H3. The van der Waals surface area contributed by atoms with E-state index in [0.717, 1.165) is 0 Å². The van der Waals surface area contributed by atoms with Crippen LogP contribution < -0.4 is 0 Å². The lowest BCUT2D eigenvalue weighted by Crippen LogP contribution is -2.32. The van der Waals surface area contributed by atoms with Gasteiger partial charge in [0.25, 0.3) is 0 Å². The topological polar surface area (TPSA) is 27.7 Å². The number of rotatable bonds is 9. The van der Waals surface area contributed by atoms with Crippen LogP contribution in [0, 0.1) is 5.41 Å². The second-order valence-electron chi connectivity index (χ2n) is 4.15. The van der Waals surface area contributed by atoms with Crippen LogP contribution in [-0.2, 0) is 14.2 Å². The van der Waals surface area contributed by atoms with Crippen molar-refractivity contribution in [3.8, 4) is 0 Å². The maximum Gasteiger partial charge on any atom is 0.0992 e. The van der Waals surface area contributed by atoms with E-state index in [0.29, 0.717) is 19.8 Å². The van der Waals surface area contributed by atoms with Gasteiger partial charge in [0, 0.05) is 0 Å². The van der Waals surface area contributed by atoms with Gasteiger partial charge in [-0.15, -0.1) is 0 Å². The van der Waals surface area contributed by atoms with E-state index in [4.69, 9.17) is 14.2 Å². The lowest BCUT2D eigenvalue weighted by atomic mass is 9.94. The highest BCUT2D eigenvalue weighted by atomic mass is 16.5. The molecule has 0 fully saturated rings. The smallest absolute Gasteiger partial charge is 0.0992 e. The summed E-state index contributed by atoms with van der Waals surface area (Å²) in [5, 5.41) is 0. The minimum atomic E-state index is -0.168. The van der Waals surface area contributed by atoms with E-state index in [2.05, 4.69) is 6.92 Å². The van der Waals surface area contributed by atoms with E-state index >= 15 is 0 Å². The molecule has 0 saturated heterocycles. The van der Waals surface area contributed by atoms with Crippen LogP contribution in [0.25, 0.3) is 0 Å². The fourth-order valence-electron chi connectivity index (χ4n) is 1.16. The SMILES string of the molecule is CC=COCC(C)(COC=CC)COC=CC. The molecule has 0 aliphatic heterocycles. The zero-order chi connectivity index (χ0) is 13.0. The van der Waals surface area contributed by atoms with Crippen LogP contribution in [0.4, 0.5) is 0 Å². The summed E-state index contributed by atoms with van der Waals surface area (Å²) >= 11 is 0. The first-order valence-corrected chi connectivity index (χ1v) is 5.87. The molecular formula is C14H24O3. The van der Waals surface area contributed by atoms with E-state index in [1.165, 1.54) is 0 Å². The van der Waals surface area contributed by atoms with Gasteiger partial charge in [0.15, 0.2) is 0 Å². The van der Waals surface area contributed by atoms with Crippen LogP contribution in [0.5, 0.6) is 0 Å². The molecule has 0 aromatic heterocycles. The van der Waals surface area contributed by atoms with Crippen LogP contribution in [0.2, 0.25) is 0 Å². The Morgan fingerprint density at radius 2 is 1.00 bits per heavy atom. The maximum atomic E-state index is 5.42. The fourth-order valence-corrected chi connectivity index (χ4v) is 1.16. The zero-order valence-corrected chi connectivity index (χ0v) is 11.3. The molecule has 0 radical (unpaired) electrons. The second kappa shape index (κ2) is 9.82. The largest absolute Gasteiger partial charge is 0.501 e. The Bertz CT molecular complexity index is 213. The first-order chi connectivity index (χ1) is 8.18. The van der Waals surface area contributed by atoms with E-state index in [-0.39, 0.29) is 5.41 Å². The third-order valence-corrected chi connectivity index (χ3v) is 1.99. The van der Waals surface area contributed by atoms with Crippen molar-refractivity contribution in [3.63, 3.8) is 0 Å². The summed E-state index contributed by atoms with van der Waals surface area (Å²) in [6, 6.07) is 0. The second-order valence-corrected chi connectivity index (χ2v) is 4.15. The van der Waals surface area contributed by atoms with Crippen molar-refractivity contribution in [3.05, 3.63) is 37.0 Å². The van der Waals surface area contributed by atoms with Gasteiger partial charge in [-0.25, -0.2) is 0 Å². The number of hydrogen-bond acceptors (Lipinski definition) is 3. The van der Waals surface area contributed by atoms with Crippen molar-refractivity contribution in [2.24, 2.45) is 5.41 Å². The number of ether oxygens (including phenoxy) is 3. The molecule has 17 heavy (non-hydrogen) atoms. The minimum Gasteiger partial charge on any atom is -0.501 e. The molecule has 0 aromatic rings. The summed E-state index contributed by atoms with van der Waals surface area (Å²) in [6.07, 6.45) is 10.6. The molecule has 3 heteroatoms. The Labute approximate surface area is 105 Å². The Morgan fingerprint density at radius 1 is 0.706 bits per heavy atom. The van der Waals surface area contributed by atoms with E-state index in [9.17, 15) is 0 Å². The Morgan fingerprint density at radius 3 is 1.24 bits per heavy atom. The molecule has 0 heterocycles. The lowest BCUT2D eigenvalue weighted by Gasteiger charge is -2.27. The molecule has 0 amide bonds. The Hall–Kier alpha value is -1.38. The van der Waals surface area contributed by atoms with Crippen molar-refractivity contribution in [2.75, 3.05) is 19.8 Å². The van der Waals surface area contributed by atoms with Gasteiger partial charge in [0.2, 0.25) is 0 Å². The fraction of sp³-hybridized carbons (Fsp3) is 0.571. The van der Waals surface area contributed by atoms with Crippen LogP contribution in [0.15, 0.2) is 37.0 Å². The molecule has 0 spiro atoms. The molecule has 3 nitrogen and oxygen atoms in total. The molecule has 0 saturated carbocycles. The van der Waals surface area contributed by atoms with Crippen LogP contribution >= 0.6 is 0 Å². The van der Waals surface area contributed by atoms with Gasteiger partial charge < -0.3 is 14.2 Å². The normalized spacial score (nSPS) is 15.5. The average Bonchev–Trinajstić information content (AvgIpc) is 2.30. The van der Waals surface area contributed by atoms with Crippen molar-refractivity contribution >= 4 is 0 Å². The molecule has 0 aliphatic rings. The highest BCUT2D eigenvalue weighted by Crippen LogP contribution is 2.19. The summed E-state index contributed by atoms with van der Waals surface area (Å²) in [5.41, 5.74) is -0.168. The third-order valence-electron chi connectivity index (χ3n) is 1.99. The molecule has 98 valence electrons. The average molecular weight is 240 g/mol. The van der Waals surface area contributed by atoms with E-state index in [1.807, 2.05) is 39.0 Å². The Kier molecular flexibility index (Phi) is 9.02. The summed E-state index contributed by atoms with van der Waals surface area (Å²) in [7, 11) is 0. The molecular weight excluding hydrogens is 216 g/mol. The summed E-state index contributed by atoms with van der Waals surface area (Å²) in [4.78, 5) is 0. The maximum absolute atomic E-state index is 5.42. The van der Waals surface area contributed by atoms with Crippen LogP contribution in [0.1, 0.15) is 27.7 Å². The van der Waals surface area contributed by atoms with Crippen molar-refractivity contribution in [2.45, 2.75) is 27.7 Å². The predicted octanol–water partition coefficient (Wildman–Crippen LogP) is 3.64. The first-order valence-electron chi connectivity index (χ1n) is 5.87. The van der Waals surface area contributed by atoms with Gasteiger partial charge in [0.1, 0.15) is 0 Å². The third kappa shape index (κ3) is 8.43. The van der Waals surface area contributed by atoms with Gasteiger partial charge in [-0.3, -0.25) is 0 Å². The first kappa shape index (κ1) is 15.6. The van der Waals surface area contributed by atoms with Crippen LogP contribution in [0.3, 0.4) is 0 Å². The molecule has 0 rings (SSSR count). The minimum absolute atomic E-state index is 0.168. The zero-order valence-electron chi connectivity index (χ0n) is 11.3. The quantitative estimate of drug-likeness (QED) is 0.576. The summed E-state index contributed by atoms with van der Waals surface area (Å²) in [5.74, 6) is 0. The van der Waals surface area contributed by atoms with Gasteiger partial charge in [-0.05, 0) is 27.7 Å². The molecule has 0 unspecified atom stereocenters. The van der Waals surface area contributed by atoms with Crippen LogP contribution in [-0.4, -0.2) is 19.8 Å². The molecule has 0 bridgehead atoms. The monoisotopic (exact) mass is 240 g/mol. The number of hydrogen-bond donors (Lipinski definition) is 0. The van der Waals surface area contributed by atoms with Gasteiger partial charge in [-0.2, -0.15) is 0 Å². The number of allylic oxidation sites excluding steroid dienone is 3. The summed E-state index contributed by atoms with van der Waals surface area (Å²) in [6.45, 7) is 9.52. The highest BCUT2D eigenvalue weighted by Gasteiger charge is 2.26. The van der Waals surface area contributed by atoms with Gasteiger partial charge >= 0.3 is 0 Å². The molecule has 0 atom stereocenters. The van der Waals surface area contributed by atoms with E-state index in [1.54, 1.807) is 18.8 Å². The van der Waals surface area contributed by atoms with Crippen molar-refractivity contribution < 1.29 is 14.2 Å². The predicted molar refractivity (Wildman–Crippen MR) is 70.4 cm³/mol. The molecule has 0 N–H and O–H groups in total. The molecule has 0 aliphatic carbocycles. The highest BCUT2D eigenvalue weighted by molar-refractivity contribution is 4.79. The van der Waals surface area contributed by atoms with Crippen molar-refractivity contribution in [1.82, 2.24) is 0 Å². The lowest BCUT2D eigenvalue weighted by molar-refractivity contribution is 0.00283. The summed E-state index contributed by atoms with van der Waals surface area (Å²) < 4.78 is 16.3. The molecule has 0 aromatic carbocycles. The Balaban J connectivity index is 4.22. The van der Waals surface area contributed by atoms with Gasteiger partial charge in [-0.1, -0.05) is 18.2 Å². The van der Waals surface area contributed by atoms with Gasteiger partial charge in [0.05, 0.1) is 44.0 Å². The van der Waals surface area contributed by atoms with Crippen molar-refractivity contribution in [1.29, 1.82) is 0 Å². The van der Waals surface area contributed by atoms with E-state index < -0.39 is 0 Å².